The Bertz CT molecular complexity index is 161. The molecule has 0 aromatic heterocycles. The topological polar surface area (TPSA) is 15.7 Å². The van der Waals surface area contributed by atoms with E-state index in [4.69, 9.17) is 4.74 Å². The maximum atomic E-state index is 5.09. The van der Waals surface area contributed by atoms with Crippen LogP contribution in [-0.4, -0.2) is 62.3 Å². The smallest absolute Gasteiger partial charge is 0.0589 e. The van der Waals surface area contributed by atoms with Gasteiger partial charge in [-0.1, -0.05) is 0 Å². The minimum atomic E-state index is 0.691. The highest BCUT2D eigenvalue weighted by atomic mass is 16.5. The number of likely N-dealkylation sites (tertiary alicyclic amines) is 1. The summed E-state index contributed by atoms with van der Waals surface area (Å²) in [6.45, 7) is 8.91. The standard InChI is InChI=1S/C11H24N2O/c1-10(2)13-6-5-11(9-13)12(3)7-8-14-4/h10-11H,5-9H2,1-4H3/t11-/m0/s1. The summed E-state index contributed by atoms with van der Waals surface area (Å²) >= 11 is 0. The Labute approximate surface area is 88.0 Å². The third kappa shape index (κ3) is 3.23. The van der Waals surface area contributed by atoms with Gasteiger partial charge in [-0.25, -0.2) is 0 Å². The van der Waals surface area contributed by atoms with Crippen LogP contribution >= 0.6 is 0 Å². The van der Waals surface area contributed by atoms with Crippen LogP contribution in [0.1, 0.15) is 20.3 Å². The van der Waals surface area contributed by atoms with Gasteiger partial charge < -0.3 is 4.74 Å². The van der Waals surface area contributed by atoms with E-state index in [1.165, 1.54) is 19.5 Å². The van der Waals surface area contributed by atoms with Gasteiger partial charge in [0.05, 0.1) is 6.61 Å². The SMILES string of the molecule is COCCN(C)[C@H]1CCN(C(C)C)C1. The molecule has 1 rings (SSSR count). The Hall–Kier alpha value is -0.120. The van der Waals surface area contributed by atoms with Crippen LogP contribution in [0.15, 0.2) is 0 Å². The third-order valence-electron chi connectivity index (χ3n) is 3.20. The fourth-order valence-electron chi connectivity index (χ4n) is 2.01. The Morgan fingerprint density at radius 2 is 2.21 bits per heavy atom. The van der Waals surface area contributed by atoms with Crippen LogP contribution in [0.4, 0.5) is 0 Å². The van der Waals surface area contributed by atoms with Gasteiger partial charge in [-0.2, -0.15) is 0 Å². The van der Waals surface area contributed by atoms with Crippen molar-refractivity contribution in [3.8, 4) is 0 Å². The summed E-state index contributed by atoms with van der Waals surface area (Å²) in [4.78, 5) is 4.97. The molecule has 3 nitrogen and oxygen atoms in total. The lowest BCUT2D eigenvalue weighted by Gasteiger charge is -2.25. The molecular formula is C11H24N2O. The van der Waals surface area contributed by atoms with Gasteiger partial charge >= 0.3 is 0 Å². The first-order valence-electron chi connectivity index (χ1n) is 5.58. The maximum Gasteiger partial charge on any atom is 0.0589 e. The van der Waals surface area contributed by atoms with Gasteiger partial charge in [0.25, 0.3) is 0 Å². The van der Waals surface area contributed by atoms with Crippen molar-refractivity contribution in [1.29, 1.82) is 0 Å². The second-order valence-electron chi connectivity index (χ2n) is 4.50. The zero-order chi connectivity index (χ0) is 10.6. The number of methoxy groups -OCH3 is 1. The number of hydrogen-bond donors (Lipinski definition) is 0. The molecule has 0 unspecified atom stereocenters. The van der Waals surface area contributed by atoms with Crippen molar-refractivity contribution in [2.45, 2.75) is 32.4 Å². The molecule has 0 bridgehead atoms. The second kappa shape index (κ2) is 5.69. The van der Waals surface area contributed by atoms with Crippen molar-refractivity contribution in [2.75, 3.05) is 40.4 Å². The Kier molecular flexibility index (Phi) is 4.85. The van der Waals surface area contributed by atoms with Crippen LogP contribution in [0.3, 0.4) is 0 Å². The summed E-state index contributed by atoms with van der Waals surface area (Å²) in [5, 5.41) is 0. The molecule has 0 N–H and O–H groups in total. The molecule has 0 spiro atoms. The zero-order valence-electron chi connectivity index (χ0n) is 9.99. The van der Waals surface area contributed by atoms with Crippen molar-refractivity contribution in [1.82, 2.24) is 9.80 Å². The highest BCUT2D eigenvalue weighted by Crippen LogP contribution is 2.16. The van der Waals surface area contributed by atoms with E-state index < -0.39 is 0 Å². The Morgan fingerprint density at radius 1 is 1.50 bits per heavy atom. The molecule has 1 aliphatic heterocycles. The minimum absolute atomic E-state index is 0.691. The van der Waals surface area contributed by atoms with E-state index in [2.05, 4.69) is 30.7 Å². The highest BCUT2D eigenvalue weighted by Gasteiger charge is 2.26. The molecule has 84 valence electrons. The van der Waals surface area contributed by atoms with Crippen molar-refractivity contribution >= 4 is 0 Å². The fraction of sp³-hybridized carbons (Fsp3) is 1.00. The van der Waals surface area contributed by atoms with E-state index >= 15 is 0 Å². The average molecular weight is 200 g/mol. The normalized spacial score (nSPS) is 24.0. The number of hydrogen-bond acceptors (Lipinski definition) is 3. The summed E-state index contributed by atoms with van der Waals surface area (Å²) in [5.41, 5.74) is 0. The minimum Gasteiger partial charge on any atom is -0.383 e. The summed E-state index contributed by atoms with van der Waals surface area (Å²) in [6, 6.07) is 1.42. The largest absolute Gasteiger partial charge is 0.383 e. The highest BCUT2D eigenvalue weighted by molar-refractivity contribution is 4.83. The lowest BCUT2D eigenvalue weighted by molar-refractivity contribution is 0.137. The van der Waals surface area contributed by atoms with Gasteiger partial charge in [0.1, 0.15) is 0 Å². The second-order valence-corrected chi connectivity index (χ2v) is 4.50. The summed E-state index contributed by atoms with van der Waals surface area (Å²) < 4.78 is 5.09. The van der Waals surface area contributed by atoms with E-state index in [9.17, 15) is 0 Å². The van der Waals surface area contributed by atoms with Crippen molar-refractivity contribution in [2.24, 2.45) is 0 Å². The summed E-state index contributed by atoms with van der Waals surface area (Å²) in [6.07, 6.45) is 1.30. The van der Waals surface area contributed by atoms with Crippen LogP contribution < -0.4 is 0 Å². The van der Waals surface area contributed by atoms with Crippen molar-refractivity contribution < 1.29 is 4.74 Å². The number of ether oxygens (including phenoxy) is 1. The molecular weight excluding hydrogens is 176 g/mol. The Balaban J connectivity index is 2.26. The lowest BCUT2D eigenvalue weighted by atomic mass is 10.2. The van der Waals surface area contributed by atoms with Gasteiger partial charge in [-0.05, 0) is 27.3 Å². The van der Waals surface area contributed by atoms with Crippen LogP contribution in [0.2, 0.25) is 0 Å². The summed E-state index contributed by atoms with van der Waals surface area (Å²) in [7, 11) is 3.97. The molecule has 0 aromatic rings. The molecule has 14 heavy (non-hydrogen) atoms. The number of nitrogens with zero attached hydrogens (tertiary/aromatic N) is 2. The van der Waals surface area contributed by atoms with Gasteiger partial charge in [-0.15, -0.1) is 0 Å². The van der Waals surface area contributed by atoms with Crippen LogP contribution in [0, 0.1) is 0 Å². The first-order valence-corrected chi connectivity index (χ1v) is 5.58. The van der Waals surface area contributed by atoms with Gasteiger partial charge in [-0.3, -0.25) is 9.80 Å². The van der Waals surface area contributed by atoms with Crippen LogP contribution in [-0.2, 0) is 4.74 Å². The molecule has 1 heterocycles. The molecule has 1 atom stereocenters. The molecule has 0 aromatic carbocycles. The fourth-order valence-corrected chi connectivity index (χ4v) is 2.01. The third-order valence-corrected chi connectivity index (χ3v) is 3.20. The summed E-state index contributed by atoms with van der Waals surface area (Å²) in [5.74, 6) is 0. The predicted molar refractivity (Wildman–Crippen MR) is 59.6 cm³/mol. The first-order chi connectivity index (χ1) is 6.65. The lowest BCUT2D eigenvalue weighted by Crippen LogP contribution is -2.38. The molecule has 0 radical (unpaired) electrons. The van der Waals surface area contributed by atoms with E-state index in [-0.39, 0.29) is 0 Å². The number of rotatable bonds is 5. The molecule has 0 amide bonds. The quantitative estimate of drug-likeness (QED) is 0.659. The van der Waals surface area contributed by atoms with Crippen LogP contribution in [0.5, 0.6) is 0 Å². The van der Waals surface area contributed by atoms with E-state index in [1.807, 2.05) is 0 Å². The van der Waals surface area contributed by atoms with E-state index in [1.54, 1.807) is 7.11 Å². The van der Waals surface area contributed by atoms with Crippen LogP contribution in [0.25, 0.3) is 0 Å². The van der Waals surface area contributed by atoms with Crippen molar-refractivity contribution in [3.63, 3.8) is 0 Å². The molecule has 3 heteroatoms. The van der Waals surface area contributed by atoms with Gasteiger partial charge in [0.2, 0.25) is 0 Å². The Morgan fingerprint density at radius 3 is 2.71 bits per heavy atom. The average Bonchev–Trinajstić information content (AvgIpc) is 2.62. The van der Waals surface area contributed by atoms with E-state index in [0.717, 1.165) is 19.2 Å². The van der Waals surface area contributed by atoms with Crippen molar-refractivity contribution in [3.05, 3.63) is 0 Å². The zero-order valence-corrected chi connectivity index (χ0v) is 9.99. The predicted octanol–water partition coefficient (Wildman–Crippen LogP) is 1.05. The van der Waals surface area contributed by atoms with Gasteiger partial charge in [0.15, 0.2) is 0 Å². The molecule has 1 saturated heterocycles. The first kappa shape index (κ1) is 12.0. The molecule has 1 aliphatic rings. The van der Waals surface area contributed by atoms with E-state index in [0.29, 0.717) is 6.04 Å². The molecule has 0 aliphatic carbocycles. The molecule has 0 saturated carbocycles. The molecule has 1 fully saturated rings. The van der Waals surface area contributed by atoms with Gasteiger partial charge in [0, 0.05) is 38.8 Å². The number of likely N-dealkylation sites (N-methyl/N-ethyl adjacent to an activating group) is 1. The maximum absolute atomic E-state index is 5.09. The monoisotopic (exact) mass is 200 g/mol.